The van der Waals surface area contributed by atoms with Gasteiger partial charge in [0.1, 0.15) is 12.3 Å². The number of benzene rings is 1. The molecule has 18 heavy (non-hydrogen) atoms. The Balaban J connectivity index is 1.96. The number of ether oxygens (including phenoxy) is 1. The summed E-state index contributed by atoms with van der Waals surface area (Å²) in [6.07, 6.45) is -1.26. The Hall–Kier alpha value is -1.63. The highest BCUT2D eigenvalue weighted by Crippen LogP contribution is 2.22. The van der Waals surface area contributed by atoms with Crippen LogP contribution in [0.4, 0.5) is 5.69 Å². The topological polar surface area (TPSA) is 99.0 Å². The summed E-state index contributed by atoms with van der Waals surface area (Å²) in [6.45, 7) is -0.225. The van der Waals surface area contributed by atoms with E-state index in [9.17, 15) is 9.90 Å². The van der Waals surface area contributed by atoms with Crippen molar-refractivity contribution in [2.24, 2.45) is 0 Å². The van der Waals surface area contributed by atoms with Gasteiger partial charge in [-0.1, -0.05) is 0 Å². The molecule has 0 bridgehead atoms. The molecule has 6 heteroatoms. The molecule has 1 aliphatic rings. The van der Waals surface area contributed by atoms with Crippen LogP contribution in [0.5, 0.6) is 0 Å². The third-order valence-electron chi connectivity index (χ3n) is 2.86. The molecule has 1 aliphatic heterocycles. The Morgan fingerprint density at radius 3 is 2.56 bits per heavy atom. The fraction of sp³-hybridized carbons (Fsp3) is 0.417. The summed E-state index contributed by atoms with van der Waals surface area (Å²) in [6, 6.07) is 6.23. The van der Waals surface area contributed by atoms with Crippen molar-refractivity contribution in [3.63, 3.8) is 0 Å². The summed E-state index contributed by atoms with van der Waals surface area (Å²) < 4.78 is 5.38. The van der Waals surface area contributed by atoms with Gasteiger partial charge in [0.25, 0.3) is 0 Å². The van der Waals surface area contributed by atoms with Gasteiger partial charge in [-0.3, -0.25) is 0 Å². The number of rotatable bonds is 4. The zero-order valence-electron chi connectivity index (χ0n) is 9.61. The summed E-state index contributed by atoms with van der Waals surface area (Å²) in [5.74, 6) is -0.977. The molecule has 1 aromatic carbocycles. The fourth-order valence-corrected chi connectivity index (χ4v) is 1.88. The van der Waals surface area contributed by atoms with Gasteiger partial charge in [0, 0.05) is 12.1 Å². The van der Waals surface area contributed by atoms with Gasteiger partial charge in [-0.2, -0.15) is 0 Å². The van der Waals surface area contributed by atoms with Crippen molar-refractivity contribution >= 4 is 11.7 Å². The number of aromatic carboxylic acids is 1. The highest BCUT2D eigenvalue weighted by Gasteiger charge is 2.33. The molecule has 0 spiro atoms. The van der Waals surface area contributed by atoms with Crippen molar-refractivity contribution in [3.8, 4) is 0 Å². The van der Waals surface area contributed by atoms with E-state index < -0.39 is 18.2 Å². The van der Waals surface area contributed by atoms with Crippen molar-refractivity contribution in [1.82, 2.24) is 0 Å². The highest BCUT2D eigenvalue weighted by molar-refractivity contribution is 5.87. The van der Waals surface area contributed by atoms with Crippen LogP contribution in [-0.4, -0.2) is 46.3 Å². The number of nitrogens with one attached hydrogen (secondary N) is 1. The lowest BCUT2D eigenvalue weighted by atomic mass is 10.2. The van der Waals surface area contributed by atoms with Crippen LogP contribution in [0.15, 0.2) is 24.3 Å². The molecule has 2 rings (SSSR count). The lowest BCUT2D eigenvalue weighted by molar-refractivity contribution is -0.0149. The summed E-state index contributed by atoms with van der Waals surface area (Å²) in [5, 5.41) is 30.3. The van der Waals surface area contributed by atoms with E-state index in [-0.39, 0.29) is 18.4 Å². The fourth-order valence-electron chi connectivity index (χ4n) is 1.88. The Kier molecular flexibility index (Phi) is 3.81. The molecule has 1 aromatic rings. The van der Waals surface area contributed by atoms with Crippen molar-refractivity contribution in [2.75, 3.05) is 11.9 Å². The molecule has 0 aromatic heterocycles. The van der Waals surface area contributed by atoms with Gasteiger partial charge in [0.15, 0.2) is 0 Å². The first kappa shape index (κ1) is 12.8. The van der Waals surface area contributed by atoms with Crippen molar-refractivity contribution in [1.29, 1.82) is 0 Å². The zero-order valence-corrected chi connectivity index (χ0v) is 9.61. The van der Waals surface area contributed by atoms with Crippen LogP contribution in [0.25, 0.3) is 0 Å². The average Bonchev–Trinajstić information content (AvgIpc) is 2.70. The highest BCUT2D eigenvalue weighted by atomic mass is 16.5. The molecule has 3 atom stereocenters. The predicted molar refractivity (Wildman–Crippen MR) is 63.4 cm³/mol. The van der Waals surface area contributed by atoms with E-state index >= 15 is 0 Å². The van der Waals surface area contributed by atoms with Gasteiger partial charge in [-0.25, -0.2) is 4.79 Å². The van der Waals surface area contributed by atoms with E-state index in [1.807, 2.05) is 0 Å². The van der Waals surface area contributed by atoms with E-state index in [1.165, 1.54) is 12.1 Å². The molecule has 4 N–H and O–H groups in total. The molecule has 0 saturated carbocycles. The normalized spacial score (nSPS) is 27.1. The Morgan fingerprint density at radius 2 is 2.06 bits per heavy atom. The number of carboxylic acids is 1. The third kappa shape index (κ3) is 2.79. The molecule has 1 saturated heterocycles. The lowest BCUT2D eigenvalue weighted by Crippen LogP contribution is -2.25. The van der Waals surface area contributed by atoms with Crippen LogP contribution in [0.3, 0.4) is 0 Å². The summed E-state index contributed by atoms with van der Waals surface area (Å²) >= 11 is 0. The van der Waals surface area contributed by atoms with E-state index in [0.717, 1.165) is 0 Å². The van der Waals surface area contributed by atoms with Crippen LogP contribution in [-0.2, 0) is 4.74 Å². The van der Waals surface area contributed by atoms with Gasteiger partial charge in [0.05, 0.1) is 18.3 Å². The van der Waals surface area contributed by atoms with Crippen LogP contribution in [0.1, 0.15) is 16.8 Å². The van der Waals surface area contributed by atoms with Gasteiger partial charge in [-0.05, 0) is 24.3 Å². The van der Waals surface area contributed by atoms with E-state index in [2.05, 4.69) is 5.32 Å². The lowest BCUT2D eigenvalue weighted by Gasteiger charge is -2.14. The number of hydrogen-bond donors (Lipinski definition) is 4. The number of aliphatic hydroxyl groups excluding tert-OH is 2. The number of anilines is 1. The number of carbonyl (C=O) groups is 1. The number of hydrogen-bond acceptors (Lipinski definition) is 5. The van der Waals surface area contributed by atoms with Crippen molar-refractivity contribution < 1.29 is 24.9 Å². The second-order valence-corrected chi connectivity index (χ2v) is 4.18. The van der Waals surface area contributed by atoms with E-state index in [1.54, 1.807) is 12.1 Å². The van der Waals surface area contributed by atoms with Crippen molar-refractivity contribution in [3.05, 3.63) is 29.8 Å². The summed E-state index contributed by atoms with van der Waals surface area (Å²) in [5.41, 5.74) is 0.914. The zero-order chi connectivity index (χ0) is 13.1. The Morgan fingerprint density at radius 1 is 1.39 bits per heavy atom. The number of carboxylic acid groups (broad SMARTS) is 1. The minimum atomic E-state index is -0.977. The molecule has 98 valence electrons. The van der Waals surface area contributed by atoms with E-state index in [0.29, 0.717) is 12.1 Å². The molecular weight excluding hydrogens is 238 g/mol. The molecule has 0 aliphatic carbocycles. The first-order valence-electron chi connectivity index (χ1n) is 5.64. The van der Waals surface area contributed by atoms with Crippen LogP contribution in [0.2, 0.25) is 0 Å². The summed E-state index contributed by atoms with van der Waals surface area (Å²) in [4.78, 5) is 10.7. The van der Waals surface area contributed by atoms with Gasteiger partial charge >= 0.3 is 5.97 Å². The third-order valence-corrected chi connectivity index (χ3v) is 2.86. The molecule has 0 unspecified atom stereocenters. The Bertz CT molecular complexity index is 419. The molecule has 6 nitrogen and oxygen atoms in total. The predicted octanol–water partition coefficient (Wildman–Crippen LogP) is 0.265. The molecule has 1 heterocycles. The summed E-state index contributed by atoms with van der Waals surface area (Å²) in [7, 11) is 0. The minimum absolute atomic E-state index is 0.209. The van der Waals surface area contributed by atoms with E-state index in [4.69, 9.17) is 14.9 Å². The van der Waals surface area contributed by atoms with Crippen LogP contribution in [0, 0.1) is 0 Å². The maximum Gasteiger partial charge on any atom is 0.335 e. The van der Waals surface area contributed by atoms with Crippen LogP contribution < -0.4 is 5.32 Å². The molecule has 0 amide bonds. The van der Waals surface area contributed by atoms with Gasteiger partial charge in [0.2, 0.25) is 0 Å². The molecule has 0 radical (unpaired) electrons. The first-order valence-corrected chi connectivity index (χ1v) is 5.64. The quantitative estimate of drug-likeness (QED) is 0.614. The second-order valence-electron chi connectivity index (χ2n) is 4.18. The van der Waals surface area contributed by atoms with Gasteiger partial charge in [-0.15, -0.1) is 0 Å². The largest absolute Gasteiger partial charge is 0.478 e. The number of aliphatic hydroxyl groups is 2. The molecule has 1 fully saturated rings. The maximum atomic E-state index is 10.7. The standard InChI is InChI=1S/C12H15NO5/c14-6-10-9(15)5-11(18-10)13-8-3-1-7(2-4-8)12(16)17/h1-4,9-11,13-15H,5-6H2,(H,16,17)/t9-,10+,11+/m1/s1. The average molecular weight is 253 g/mol. The Labute approximate surface area is 104 Å². The first-order chi connectivity index (χ1) is 8.60. The van der Waals surface area contributed by atoms with Crippen LogP contribution >= 0.6 is 0 Å². The SMILES string of the molecule is O=C(O)c1ccc(N[C@@H]2C[C@@H](O)[C@H](CO)O2)cc1. The maximum absolute atomic E-state index is 10.7. The molecular formula is C12H15NO5. The monoisotopic (exact) mass is 253 g/mol. The van der Waals surface area contributed by atoms with Gasteiger partial charge < -0.3 is 25.4 Å². The van der Waals surface area contributed by atoms with Crippen molar-refractivity contribution in [2.45, 2.75) is 24.9 Å². The smallest absolute Gasteiger partial charge is 0.335 e. The minimum Gasteiger partial charge on any atom is -0.478 e. The second kappa shape index (κ2) is 5.34.